The van der Waals surface area contributed by atoms with Gasteiger partial charge in [-0.05, 0) is 24.5 Å². The SMILES string of the molecule is NC1CCN(c2cccc3c2OCC3)CC1. The van der Waals surface area contributed by atoms with Crippen molar-refractivity contribution in [2.45, 2.75) is 25.3 Å². The number of hydrogen-bond acceptors (Lipinski definition) is 3. The Labute approximate surface area is 96.2 Å². The zero-order chi connectivity index (χ0) is 11.0. The summed E-state index contributed by atoms with van der Waals surface area (Å²) in [5, 5.41) is 0. The number of anilines is 1. The van der Waals surface area contributed by atoms with Crippen molar-refractivity contribution < 1.29 is 4.74 Å². The molecule has 0 unspecified atom stereocenters. The summed E-state index contributed by atoms with van der Waals surface area (Å²) in [6, 6.07) is 6.86. The molecule has 0 atom stereocenters. The van der Waals surface area contributed by atoms with Crippen molar-refractivity contribution in [1.82, 2.24) is 0 Å². The van der Waals surface area contributed by atoms with Gasteiger partial charge in [-0.3, -0.25) is 0 Å². The molecular formula is C13H18N2O. The van der Waals surface area contributed by atoms with Gasteiger partial charge in [0.15, 0.2) is 0 Å². The van der Waals surface area contributed by atoms with Crippen LogP contribution in [0.3, 0.4) is 0 Å². The molecule has 0 saturated carbocycles. The van der Waals surface area contributed by atoms with Crippen LogP contribution in [0.2, 0.25) is 0 Å². The van der Waals surface area contributed by atoms with E-state index in [0.29, 0.717) is 6.04 Å². The third kappa shape index (κ3) is 1.65. The third-order valence-corrected chi connectivity index (χ3v) is 3.57. The summed E-state index contributed by atoms with van der Waals surface area (Å²) in [6.07, 6.45) is 3.23. The summed E-state index contributed by atoms with van der Waals surface area (Å²) >= 11 is 0. The van der Waals surface area contributed by atoms with Crippen LogP contribution in [0.1, 0.15) is 18.4 Å². The van der Waals surface area contributed by atoms with Crippen molar-refractivity contribution in [2.75, 3.05) is 24.6 Å². The van der Waals surface area contributed by atoms with E-state index in [1.54, 1.807) is 0 Å². The second-order valence-electron chi connectivity index (χ2n) is 4.69. The van der Waals surface area contributed by atoms with E-state index in [1.165, 1.54) is 11.3 Å². The van der Waals surface area contributed by atoms with Crippen LogP contribution >= 0.6 is 0 Å². The topological polar surface area (TPSA) is 38.5 Å². The molecule has 86 valence electrons. The van der Waals surface area contributed by atoms with Crippen LogP contribution in [0.25, 0.3) is 0 Å². The van der Waals surface area contributed by atoms with Crippen molar-refractivity contribution in [1.29, 1.82) is 0 Å². The highest BCUT2D eigenvalue weighted by atomic mass is 16.5. The highest BCUT2D eigenvalue weighted by molar-refractivity contribution is 5.63. The van der Waals surface area contributed by atoms with Gasteiger partial charge in [-0.25, -0.2) is 0 Å². The maximum Gasteiger partial charge on any atom is 0.145 e. The number of fused-ring (bicyclic) bond motifs is 1. The Morgan fingerprint density at radius 3 is 2.88 bits per heavy atom. The summed E-state index contributed by atoms with van der Waals surface area (Å²) in [4.78, 5) is 2.41. The standard InChI is InChI=1S/C13H18N2O/c14-11-4-7-15(8-5-11)12-3-1-2-10-6-9-16-13(10)12/h1-3,11H,4-9,14H2. The fourth-order valence-electron chi connectivity index (χ4n) is 2.59. The molecule has 2 aliphatic heterocycles. The van der Waals surface area contributed by atoms with E-state index in [9.17, 15) is 0 Å². The van der Waals surface area contributed by atoms with Gasteiger partial charge in [-0.1, -0.05) is 12.1 Å². The first-order valence-electron chi connectivity index (χ1n) is 6.10. The molecule has 1 aromatic rings. The van der Waals surface area contributed by atoms with Gasteiger partial charge < -0.3 is 15.4 Å². The van der Waals surface area contributed by atoms with E-state index in [4.69, 9.17) is 10.5 Å². The second kappa shape index (κ2) is 3.98. The first kappa shape index (κ1) is 9.97. The van der Waals surface area contributed by atoms with E-state index < -0.39 is 0 Å². The molecule has 1 fully saturated rings. The third-order valence-electron chi connectivity index (χ3n) is 3.57. The Morgan fingerprint density at radius 2 is 2.06 bits per heavy atom. The largest absolute Gasteiger partial charge is 0.491 e. The number of nitrogens with zero attached hydrogens (tertiary/aromatic N) is 1. The Bertz CT molecular complexity index is 384. The van der Waals surface area contributed by atoms with Crippen molar-refractivity contribution in [3.05, 3.63) is 23.8 Å². The van der Waals surface area contributed by atoms with Crippen molar-refractivity contribution in [3.63, 3.8) is 0 Å². The predicted molar refractivity (Wildman–Crippen MR) is 65.1 cm³/mol. The summed E-state index contributed by atoms with van der Waals surface area (Å²) in [7, 11) is 0. The van der Waals surface area contributed by atoms with E-state index in [-0.39, 0.29) is 0 Å². The van der Waals surface area contributed by atoms with Gasteiger partial charge in [0.25, 0.3) is 0 Å². The highest BCUT2D eigenvalue weighted by Crippen LogP contribution is 2.36. The summed E-state index contributed by atoms with van der Waals surface area (Å²) in [5.74, 6) is 1.11. The first-order valence-corrected chi connectivity index (χ1v) is 6.10. The minimum atomic E-state index is 0.383. The van der Waals surface area contributed by atoms with E-state index in [0.717, 1.165) is 44.7 Å². The Kier molecular flexibility index (Phi) is 2.48. The molecule has 0 bridgehead atoms. The second-order valence-corrected chi connectivity index (χ2v) is 4.69. The van der Waals surface area contributed by atoms with E-state index >= 15 is 0 Å². The summed E-state index contributed by atoms with van der Waals surface area (Å²) < 4.78 is 5.74. The molecule has 0 aliphatic carbocycles. The molecule has 3 nitrogen and oxygen atoms in total. The molecule has 0 radical (unpaired) electrons. The number of benzene rings is 1. The van der Waals surface area contributed by atoms with Gasteiger partial charge >= 0.3 is 0 Å². The maximum absolute atomic E-state index is 5.93. The quantitative estimate of drug-likeness (QED) is 0.777. The number of para-hydroxylation sites is 1. The van der Waals surface area contributed by atoms with E-state index in [2.05, 4.69) is 23.1 Å². The molecule has 3 rings (SSSR count). The number of piperidine rings is 1. The molecule has 2 heterocycles. The first-order chi connectivity index (χ1) is 7.84. The zero-order valence-electron chi connectivity index (χ0n) is 9.48. The number of rotatable bonds is 1. The molecule has 2 N–H and O–H groups in total. The lowest BCUT2D eigenvalue weighted by molar-refractivity contribution is 0.355. The molecular weight excluding hydrogens is 200 g/mol. The minimum absolute atomic E-state index is 0.383. The monoisotopic (exact) mass is 218 g/mol. The zero-order valence-corrected chi connectivity index (χ0v) is 9.48. The number of nitrogens with two attached hydrogens (primary N) is 1. The molecule has 16 heavy (non-hydrogen) atoms. The maximum atomic E-state index is 5.93. The van der Waals surface area contributed by atoms with Crippen LogP contribution in [0.4, 0.5) is 5.69 Å². The van der Waals surface area contributed by atoms with Gasteiger partial charge in [0.05, 0.1) is 12.3 Å². The van der Waals surface area contributed by atoms with Gasteiger partial charge in [-0.2, -0.15) is 0 Å². The minimum Gasteiger partial charge on any atom is -0.491 e. The normalized spacial score (nSPS) is 20.7. The van der Waals surface area contributed by atoms with Crippen LogP contribution in [-0.2, 0) is 6.42 Å². The van der Waals surface area contributed by atoms with Gasteiger partial charge in [0, 0.05) is 25.6 Å². The number of ether oxygens (including phenoxy) is 1. The lowest BCUT2D eigenvalue weighted by atomic mass is 10.0. The highest BCUT2D eigenvalue weighted by Gasteiger charge is 2.22. The van der Waals surface area contributed by atoms with Crippen molar-refractivity contribution in [3.8, 4) is 5.75 Å². The van der Waals surface area contributed by atoms with Gasteiger partial charge in [0.1, 0.15) is 5.75 Å². The number of hydrogen-bond donors (Lipinski definition) is 1. The van der Waals surface area contributed by atoms with Crippen LogP contribution in [0.15, 0.2) is 18.2 Å². The van der Waals surface area contributed by atoms with Crippen LogP contribution in [0, 0.1) is 0 Å². The smallest absolute Gasteiger partial charge is 0.145 e. The van der Waals surface area contributed by atoms with E-state index in [1.807, 2.05) is 0 Å². The van der Waals surface area contributed by atoms with Crippen LogP contribution < -0.4 is 15.4 Å². The lowest BCUT2D eigenvalue weighted by Gasteiger charge is -2.32. The lowest BCUT2D eigenvalue weighted by Crippen LogP contribution is -2.39. The average Bonchev–Trinajstić information content (AvgIpc) is 2.78. The molecule has 2 aliphatic rings. The molecule has 1 saturated heterocycles. The van der Waals surface area contributed by atoms with Crippen molar-refractivity contribution in [2.24, 2.45) is 5.73 Å². The Balaban J connectivity index is 1.87. The predicted octanol–water partition coefficient (Wildman–Crippen LogP) is 1.55. The Morgan fingerprint density at radius 1 is 1.25 bits per heavy atom. The van der Waals surface area contributed by atoms with Crippen LogP contribution in [-0.4, -0.2) is 25.7 Å². The molecule has 0 aromatic heterocycles. The fourth-order valence-corrected chi connectivity index (χ4v) is 2.59. The molecule has 3 heteroatoms. The molecule has 1 aromatic carbocycles. The van der Waals surface area contributed by atoms with Gasteiger partial charge in [0.2, 0.25) is 0 Å². The summed E-state index contributed by atoms with van der Waals surface area (Å²) in [5.41, 5.74) is 8.55. The van der Waals surface area contributed by atoms with Crippen LogP contribution in [0.5, 0.6) is 5.75 Å². The molecule has 0 spiro atoms. The van der Waals surface area contributed by atoms with Crippen molar-refractivity contribution >= 4 is 5.69 Å². The van der Waals surface area contributed by atoms with Gasteiger partial charge in [-0.15, -0.1) is 0 Å². The summed E-state index contributed by atoms with van der Waals surface area (Å²) in [6.45, 7) is 2.95. The average molecular weight is 218 g/mol. The molecule has 0 amide bonds. The Hall–Kier alpha value is -1.22. The fraction of sp³-hybridized carbons (Fsp3) is 0.538.